The summed E-state index contributed by atoms with van der Waals surface area (Å²) in [5, 5.41) is 3.19. The monoisotopic (exact) mass is 365 g/mol. The number of amides is 1. The molecule has 0 bridgehead atoms. The van der Waals surface area contributed by atoms with Crippen molar-refractivity contribution in [2.45, 2.75) is 4.90 Å². The van der Waals surface area contributed by atoms with Gasteiger partial charge >= 0.3 is 5.97 Å². The van der Waals surface area contributed by atoms with Gasteiger partial charge in [0.1, 0.15) is 5.75 Å². The van der Waals surface area contributed by atoms with Gasteiger partial charge in [-0.2, -0.15) is 0 Å². The zero-order chi connectivity index (χ0) is 17.4. The summed E-state index contributed by atoms with van der Waals surface area (Å²) in [5.74, 6) is 0.0172. The Morgan fingerprint density at radius 3 is 2.38 bits per heavy atom. The van der Waals surface area contributed by atoms with E-state index in [0.717, 1.165) is 10.6 Å². The van der Waals surface area contributed by atoms with Crippen molar-refractivity contribution in [2.24, 2.45) is 0 Å². The SMILES string of the molecule is COc1ccc(SCC(=O)OCC(=O)Nc2ccc(Cl)cc2)cc1. The molecule has 0 unspecified atom stereocenters. The van der Waals surface area contributed by atoms with Crippen LogP contribution in [0.5, 0.6) is 5.75 Å². The number of benzene rings is 2. The first-order valence-corrected chi connectivity index (χ1v) is 8.41. The van der Waals surface area contributed by atoms with Crippen LogP contribution in [0.25, 0.3) is 0 Å². The van der Waals surface area contributed by atoms with Crippen molar-refractivity contribution in [3.05, 3.63) is 53.6 Å². The molecule has 0 spiro atoms. The van der Waals surface area contributed by atoms with Crippen LogP contribution >= 0.6 is 23.4 Å². The normalized spacial score (nSPS) is 10.1. The molecule has 0 aromatic heterocycles. The molecule has 126 valence electrons. The molecule has 2 aromatic carbocycles. The Kier molecular flexibility index (Phi) is 6.96. The van der Waals surface area contributed by atoms with Crippen LogP contribution in [-0.4, -0.2) is 31.3 Å². The third kappa shape index (κ3) is 6.14. The van der Waals surface area contributed by atoms with Crippen LogP contribution < -0.4 is 10.1 Å². The van der Waals surface area contributed by atoms with Crippen molar-refractivity contribution < 1.29 is 19.1 Å². The number of carbonyl (C=O) groups is 2. The maximum atomic E-state index is 11.7. The van der Waals surface area contributed by atoms with E-state index in [1.165, 1.54) is 11.8 Å². The molecule has 0 aliphatic rings. The van der Waals surface area contributed by atoms with Crippen molar-refractivity contribution in [3.63, 3.8) is 0 Å². The van der Waals surface area contributed by atoms with E-state index >= 15 is 0 Å². The number of rotatable bonds is 7. The highest BCUT2D eigenvalue weighted by atomic mass is 35.5. The molecule has 1 amide bonds. The van der Waals surface area contributed by atoms with Gasteiger partial charge in [-0.3, -0.25) is 9.59 Å². The Labute approximate surface area is 149 Å². The zero-order valence-electron chi connectivity index (χ0n) is 13.0. The van der Waals surface area contributed by atoms with Gasteiger partial charge in [-0.05, 0) is 48.5 Å². The van der Waals surface area contributed by atoms with E-state index < -0.39 is 11.9 Å². The fraction of sp³-hybridized carbons (Fsp3) is 0.176. The van der Waals surface area contributed by atoms with E-state index in [-0.39, 0.29) is 12.4 Å². The maximum absolute atomic E-state index is 11.7. The van der Waals surface area contributed by atoms with E-state index in [0.29, 0.717) is 10.7 Å². The smallest absolute Gasteiger partial charge is 0.316 e. The summed E-state index contributed by atoms with van der Waals surface area (Å²) < 4.78 is 10.0. The number of hydrogen-bond acceptors (Lipinski definition) is 5. The van der Waals surface area contributed by atoms with E-state index in [9.17, 15) is 9.59 Å². The molecule has 7 heteroatoms. The number of hydrogen-bond donors (Lipinski definition) is 1. The van der Waals surface area contributed by atoms with Gasteiger partial charge in [0.2, 0.25) is 0 Å². The largest absolute Gasteiger partial charge is 0.497 e. The van der Waals surface area contributed by atoms with Gasteiger partial charge in [-0.1, -0.05) is 11.6 Å². The van der Waals surface area contributed by atoms with Crippen LogP contribution in [0.2, 0.25) is 5.02 Å². The van der Waals surface area contributed by atoms with Crippen LogP contribution in [0.4, 0.5) is 5.69 Å². The summed E-state index contributed by atoms with van der Waals surface area (Å²) in [6.07, 6.45) is 0. The molecule has 0 radical (unpaired) electrons. The summed E-state index contributed by atoms with van der Waals surface area (Å²) in [6, 6.07) is 14.0. The summed E-state index contributed by atoms with van der Waals surface area (Å²) >= 11 is 7.09. The molecule has 2 rings (SSSR count). The molecule has 1 N–H and O–H groups in total. The summed E-state index contributed by atoms with van der Waals surface area (Å²) in [7, 11) is 1.59. The van der Waals surface area contributed by atoms with Gasteiger partial charge in [0.05, 0.1) is 12.9 Å². The number of thioether (sulfide) groups is 1. The number of halogens is 1. The molecule has 0 aliphatic carbocycles. The minimum atomic E-state index is -0.456. The van der Waals surface area contributed by atoms with Gasteiger partial charge in [-0.25, -0.2) is 0 Å². The molecule has 0 aliphatic heterocycles. The third-order valence-electron chi connectivity index (χ3n) is 2.91. The van der Waals surface area contributed by atoms with Crippen molar-refractivity contribution >= 4 is 40.9 Å². The Hall–Kier alpha value is -2.18. The number of esters is 1. The van der Waals surface area contributed by atoms with Crippen LogP contribution in [0.3, 0.4) is 0 Å². The number of carbonyl (C=O) groups excluding carboxylic acids is 2. The van der Waals surface area contributed by atoms with Crippen molar-refractivity contribution in [2.75, 3.05) is 24.8 Å². The minimum Gasteiger partial charge on any atom is -0.497 e. The number of ether oxygens (including phenoxy) is 2. The average molecular weight is 366 g/mol. The second kappa shape index (κ2) is 9.20. The zero-order valence-corrected chi connectivity index (χ0v) is 14.5. The highest BCUT2D eigenvalue weighted by Crippen LogP contribution is 2.21. The minimum absolute atomic E-state index is 0.126. The topological polar surface area (TPSA) is 64.6 Å². The van der Waals surface area contributed by atoms with E-state index in [2.05, 4.69) is 5.32 Å². The average Bonchev–Trinajstić information content (AvgIpc) is 2.60. The highest BCUT2D eigenvalue weighted by Gasteiger charge is 2.09. The number of anilines is 1. The van der Waals surface area contributed by atoms with Gasteiger partial charge in [0, 0.05) is 15.6 Å². The molecule has 2 aromatic rings. The third-order valence-corrected chi connectivity index (χ3v) is 4.15. The van der Waals surface area contributed by atoms with Gasteiger partial charge in [0.15, 0.2) is 6.61 Å². The molecule has 24 heavy (non-hydrogen) atoms. The summed E-state index contributed by atoms with van der Waals surface area (Å²) in [5.41, 5.74) is 0.591. The molecule has 0 atom stereocenters. The van der Waals surface area contributed by atoms with Crippen molar-refractivity contribution in [1.82, 2.24) is 0 Å². The molecule has 5 nitrogen and oxygen atoms in total. The first kappa shape index (κ1) is 18.2. The summed E-state index contributed by atoms with van der Waals surface area (Å²) in [6.45, 7) is -0.329. The Morgan fingerprint density at radius 2 is 1.75 bits per heavy atom. The highest BCUT2D eigenvalue weighted by molar-refractivity contribution is 8.00. The molecule has 0 saturated carbocycles. The fourth-order valence-electron chi connectivity index (χ4n) is 1.73. The van der Waals surface area contributed by atoms with E-state index in [4.69, 9.17) is 21.1 Å². The van der Waals surface area contributed by atoms with Crippen LogP contribution in [0.15, 0.2) is 53.4 Å². The fourth-order valence-corrected chi connectivity index (χ4v) is 2.55. The Bertz CT molecular complexity index is 689. The number of nitrogens with one attached hydrogen (secondary N) is 1. The van der Waals surface area contributed by atoms with Crippen LogP contribution in [0, 0.1) is 0 Å². The van der Waals surface area contributed by atoms with Crippen molar-refractivity contribution in [1.29, 1.82) is 0 Å². The standard InChI is InChI=1S/C17H16ClNO4S/c1-22-14-6-8-15(9-7-14)24-11-17(21)23-10-16(20)19-13-4-2-12(18)3-5-13/h2-9H,10-11H2,1H3,(H,19,20). The van der Waals surface area contributed by atoms with Crippen LogP contribution in [0.1, 0.15) is 0 Å². The maximum Gasteiger partial charge on any atom is 0.316 e. The first-order valence-electron chi connectivity index (χ1n) is 7.05. The molecule has 0 saturated heterocycles. The predicted molar refractivity (Wildman–Crippen MR) is 94.8 cm³/mol. The quantitative estimate of drug-likeness (QED) is 0.599. The second-order valence-electron chi connectivity index (χ2n) is 4.68. The second-order valence-corrected chi connectivity index (χ2v) is 6.17. The molecule has 0 heterocycles. The number of methoxy groups -OCH3 is 1. The van der Waals surface area contributed by atoms with Gasteiger partial charge in [-0.15, -0.1) is 11.8 Å². The lowest BCUT2D eigenvalue weighted by atomic mass is 10.3. The summed E-state index contributed by atoms with van der Waals surface area (Å²) in [4.78, 5) is 24.3. The molecule has 0 fully saturated rings. The lowest BCUT2D eigenvalue weighted by Crippen LogP contribution is -2.21. The van der Waals surface area contributed by atoms with E-state index in [1.807, 2.05) is 24.3 Å². The Morgan fingerprint density at radius 1 is 1.08 bits per heavy atom. The Balaban J connectivity index is 1.70. The lowest BCUT2D eigenvalue weighted by molar-refractivity contribution is -0.144. The van der Waals surface area contributed by atoms with E-state index in [1.54, 1.807) is 31.4 Å². The van der Waals surface area contributed by atoms with Crippen LogP contribution in [-0.2, 0) is 14.3 Å². The molecular weight excluding hydrogens is 350 g/mol. The predicted octanol–water partition coefficient (Wildman–Crippen LogP) is 3.62. The van der Waals surface area contributed by atoms with Gasteiger partial charge < -0.3 is 14.8 Å². The first-order chi connectivity index (χ1) is 11.6. The van der Waals surface area contributed by atoms with Crippen molar-refractivity contribution in [3.8, 4) is 5.75 Å². The van der Waals surface area contributed by atoms with Gasteiger partial charge in [0.25, 0.3) is 5.91 Å². The molecular formula is C17H16ClNO4S. The lowest BCUT2D eigenvalue weighted by Gasteiger charge is -2.07.